The Hall–Kier alpha value is -1.81. The smallest absolute Gasteiger partial charge is 0.274 e. The highest BCUT2D eigenvalue weighted by Gasteiger charge is 2.13. The first-order chi connectivity index (χ1) is 11.9. The van der Waals surface area contributed by atoms with Crippen LogP contribution in [0.3, 0.4) is 0 Å². The van der Waals surface area contributed by atoms with Crippen molar-refractivity contribution in [3.8, 4) is 0 Å². The molecular weight excluding hydrogens is 469 g/mol. The molecule has 2 rings (SSSR count). The molecule has 2 aromatic rings. The molecule has 1 heterocycles. The van der Waals surface area contributed by atoms with Crippen LogP contribution in [0.5, 0.6) is 0 Å². The number of guanidine groups is 1. The maximum atomic E-state index is 11.1. The molecular formula is C17H23ClIN5O2. The van der Waals surface area contributed by atoms with Crippen molar-refractivity contribution in [2.24, 2.45) is 12.0 Å². The number of halogens is 2. The molecule has 0 radical (unpaired) electrons. The molecule has 0 aliphatic heterocycles. The molecule has 0 bridgehead atoms. The van der Waals surface area contributed by atoms with Crippen LogP contribution >= 0.6 is 35.6 Å². The molecule has 0 atom stereocenters. The summed E-state index contributed by atoms with van der Waals surface area (Å²) in [7, 11) is 3.86. The van der Waals surface area contributed by atoms with E-state index in [1.165, 1.54) is 6.07 Å². The number of para-hydroxylation sites is 1. The number of hydrogen-bond donors (Lipinski definition) is 1. The molecule has 0 fully saturated rings. The van der Waals surface area contributed by atoms with E-state index < -0.39 is 0 Å². The van der Waals surface area contributed by atoms with Crippen molar-refractivity contribution in [1.29, 1.82) is 0 Å². The number of nitro groups is 1. The Morgan fingerprint density at radius 2 is 2.12 bits per heavy atom. The molecule has 1 aromatic carbocycles. The van der Waals surface area contributed by atoms with Gasteiger partial charge in [-0.2, -0.15) is 0 Å². The van der Waals surface area contributed by atoms with Crippen molar-refractivity contribution in [2.75, 3.05) is 13.6 Å². The van der Waals surface area contributed by atoms with Crippen LogP contribution in [-0.2, 0) is 20.1 Å². The molecule has 0 aliphatic carbocycles. The van der Waals surface area contributed by atoms with Gasteiger partial charge >= 0.3 is 0 Å². The van der Waals surface area contributed by atoms with Gasteiger partial charge in [-0.1, -0.05) is 29.8 Å². The summed E-state index contributed by atoms with van der Waals surface area (Å²) in [5, 5.41) is 15.0. The van der Waals surface area contributed by atoms with Gasteiger partial charge < -0.3 is 14.8 Å². The van der Waals surface area contributed by atoms with Crippen LogP contribution in [0.25, 0.3) is 0 Å². The normalized spacial score (nSPS) is 11.0. The molecule has 0 unspecified atom stereocenters. The topological polar surface area (TPSA) is 75.7 Å². The Bertz CT molecular complexity index is 778. The van der Waals surface area contributed by atoms with Gasteiger partial charge in [0.05, 0.1) is 28.6 Å². The second kappa shape index (κ2) is 10.4. The number of hydrogen-bond acceptors (Lipinski definition) is 3. The molecule has 142 valence electrons. The van der Waals surface area contributed by atoms with Gasteiger partial charge in [0, 0.05) is 38.6 Å². The van der Waals surface area contributed by atoms with Crippen LogP contribution in [0.2, 0.25) is 5.02 Å². The molecule has 0 amide bonds. The quantitative estimate of drug-likeness (QED) is 0.219. The number of aromatic nitrogens is 1. The van der Waals surface area contributed by atoms with Crippen LogP contribution in [0, 0.1) is 10.1 Å². The molecule has 7 nitrogen and oxygen atoms in total. The first kappa shape index (κ1) is 22.2. The summed E-state index contributed by atoms with van der Waals surface area (Å²) >= 11 is 6.03. The fourth-order valence-corrected chi connectivity index (χ4v) is 2.77. The minimum absolute atomic E-state index is 0. The number of aliphatic imine (C=N–C) groups is 1. The Morgan fingerprint density at radius 3 is 2.69 bits per heavy atom. The Labute approximate surface area is 175 Å². The lowest BCUT2D eigenvalue weighted by Crippen LogP contribution is -2.38. The molecule has 26 heavy (non-hydrogen) atoms. The van der Waals surface area contributed by atoms with Crippen LogP contribution < -0.4 is 5.32 Å². The van der Waals surface area contributed by atoms with Gasteiger partial charge in [0.1, 0.15) is 0 Å². The first-order valence-corrected chi connectivity index (χ1v) is 8.32. The van der Waals surface area contributed by atoms with E-state index in [9.17, 15) is 10.1 Å². The van der Waals surface area contributed by atoms with E-state index in [1.54, 1.807) is 18.2 Å². The fourth-order valence-electron chi connectivity index (χ4n) is 2.49. The minimum Gasteiger partial charge on any atom is -0.357 e. The highest BCUT2D eigenvalue weighted by molar-refractivity contribution is 14.0. The first-order valence-electron chi connectivity index (χ1n) is 7.94. The van der Waals surface area contributed by atoms with Gasteiger partial charge in [0.25, 0.3) is 5.69 Å². The van der Waals surface area contributed by atoms with E-state index in [-0.39, 0.29) is 41.1 Å². The zero-order valence-corrected chi connectivity index (χ0v) is 18.1. The molecule has 1 N–H and O–H groups in total. The minimum atomic E-state index is -0.381. The van der Waals surface area contributed by atoms with Crippen molar-refractivity contribution < 1.29 is 4.92 Å². The average molecular weight is 492 g/mol. The Balaban J connectivity index is 0.00000338. The average Bonchev–Trinajstić information content (AvgIpc) is 2.88. The highest BCUT2D eigenvalue weighted by atomic mass is 127. The number of nitrogens with zero attached hydrogens (tertiary/aromatic N) is 4. The zero-order chi connectivity index (χ0) is 18.4. The zero-order valence-electron chi connectivity index (χ0n) is 15.0. The van der Waals surface area contributed by atoms with Crippen molar-refractivity contribution in [2.45, 2.75) is 20.0 Å². The fraction of sp³-hybridized carbons (Fsp3) is 0.353. The van der Waals surface area contributed by atoms with Gasteiger partial charge in [0.15, 0.2) is 5.96 Å². The summed E-state index contributed by atoms with van der Waals surface area (Å²) in [6.45, 7) is 3.53. The van der Waals surface area contributed by atoms with Gasteiger partial charge in [0.2, 0.25) is 0 Å². The van der Waals surface area contributed by atoms with Gasteiger partial charge in [-0.15, -0.1) is 24.0 Å². The second-order valence-corrected chi connectivity index (χ2v) is 6.11. The summed E-state index contributed by atoms with van der Waals surface area (Å²) in [6.07, 6.45) is 1.85. The van der Waals surface area contributed by atoms with Crippen molar-refractivity contribution in [3.05, 3.63) is 62.9 Å². The third-order valence-corrected chi connectivity index (χ3v) is 3.96. The maximum Gasteiger partial charge on any atom is 0.274 e. The molecule has 0 aliphatic rings. The van der Waals surface area contributed by atoms with Crippen LogP contribution in [-0.4, -0.2) is 33.9 Å². The Kier molecular flexibility index (Phi) is 8.86. The molecule has 1 aromatic heterocycles. The second-order valence-electron chi connectivity index (χ2n) is 5.67. The van der Waals surface area contributed by atoms with E-state index >= 15 is 0 Å². The van der Waals surface area contributed by atoms with Gasteiger partial charge in [-0.05, 0) is 13.0 Å². The molecule has 0 saturated carbocycles. The predicted molar refractivity (Wildman–Crippen MR) is 115 cm³/mol. The van der Waals surface area contributed by atoms with E-state index in [4.69, 9.17) is 11.6 Å². The summed E-state index contributed by atoms with van der Waals surface area (Å²) in [5.41, 5.74) is 1.71. The number of nitro benzene ring substituents is 1. The van der Waals surface area contributed by atoms with E-state index in [0.717, 1.165) is 5.69 Å². The molecule has 9 heteroatoms. The lowest BCUT2D eigenvalue weighted by Gasteiger charge is -2.22. The van der Waals surface area contributed by atoms with Crippen molar-refractivity contribution in [3.63, 3.8) is 0 Å². The van der Waals surface area contributed by atoms with Crippen LogP contribution in [0.15, 0.2) is 41.5 Å². The number of benzene rings is 1. The number of aryl methyl sites for hydroxylation is 1. The molecule has 0 saturated heterocycles. The summed E-state index contributed by atoms with van der Waals surface area (Å²) in [5.74, 6) is 0.679. The summed E-state index contributed by atoms with van der Waals surface area (Å²) in [6, 6.07) is 8.56. The van der Waals surface area contributed by atoms with Crippen molar-refractivity contribution in [1.82, 2.24) is 14.8 Å². The monoisotopic (exact) mass is 491 g/mol. The lowest BCUT2D eigenvalue weighted by molar-refractivity contribution is -0.385. The van der Waals surface area contributed by atoms with Gasteiger partial charge in [-0.3, -0.25) is 10.1 Å². The summed E-state index contributed by atoms with van der Waals surface area (Å²) in [4.78, 5) is 17.2. The lowest BCUT2D eigenvalue weighted by atomic mass is 10.2. The van der Waals surface area contributed by atoms with Crippen molar-refractivity contribution >= 4 is 47.2 Å². The number of rotatable bonds is 6. The van der Waals surface area contributed by atoms with Crippen LogP contribution in [0.1, 0.15) is 18.2 Å². The van der Waals surface area contributed by atoms with Gasteiger partial charge in [-0.25, -0.2) is 4.99 Å². The third-order valence-electron chi connectivity index (χ3n) is 3.76. The SMILES string of the molecule is CCNC(=NCc1ccccc1[N+](=O)[O-])N(C)Cc1cc(Cl)cn1C.I. The third kappa shape index (κ3) is 5.87. The predicted octanol–water partition coefficient (Wildman–Crippen LogP) is 3.80. The standard InChI is InChI=1S/C17H22ClN5O2.HI/c1-4-19-17(22(3)12-15-9-14(18)11-21(15)2)20-10-13-7-5-6-8-16(13)23(24)25;/h5-9,11H,4,10,12H2,1-3H3,(H,19,20);1H. The highest BCUT2D eigenvalue weighted by Crippen LogP contribution is 2.19. The maximum absolute atomic E-state index is 11.1. The van der Waals surface area contributed by atoms with E-state index in [0.29, 0.717) is 29.6 Å². The van der Waals surface area contributed by atoms with E-state index in [1.807, 2.05) is 42.7 Å². The summed E-state index contributed by atoms with van der Waals surface area (Å²) < 4.78 is 1.96. The Morgan fingerprint density at radius 1 is 1.42 bits per heavy atom. The molecule has 0 spiro atoms. The van der Waals surface area contributed by atoms with Crippen LogP contribution in [0.4, 0.5) is 5.69 Å². The number of nitrogens with one attached hydrogen (secondary N) is 1. The largest absolute Gasteiger partial charge is 0.357 e. The van der Waals surface area contributed by atoms with E-state index in [2.05, 4.69) is 10.3 Å².